The third kappa shape index (κ3) is 7.61. The second-order valence-electron chi connectivity index (χ2n) is 7.07. The van der Waals surface area contributed by atoms with Crippen LogP contribution >= 0.6 is 0 Å². The molecule has 1 rings (SSSR count). The zero-order valence-corrected chi connectivity index (χ0v) is 17.0. The van der Waals surface area contributed by atoms with Crippen LogP contribution in [0, 0.1) is 5.82 Å². The van der Waals surface area contributed by atoms with Crippen LogP contribution in [-0.2, 0) is 24.3 Å². The Balaban J connectivity index is 2.64. The van der Waals surface area contributed by atoms with Crippen LogP contribution in [0.1, 0.15) is 34.6 Å². The standard InChI is InChI=1S/C17H24FN3O6S/c1-10(21-28(25,26)13-8-6-12(18)7-9-13)15(23)27-11(2)14(22)19-16(24)20-17(3,4)5/h6-11,21H,1-5H3,(H2,19,20,22,24)/t10-,11-/m0/s1. The van der Waals surface area contributed by atoms with E-state index in [2.05, 4.69) is 10.0 Å². The molecule has 0 bridgehead atoms. The molecule has 0 fully saturated rings. The molecule has 0 aliphatic rings. The zero-order chi connectivity index (χ0) is 21.7. The normalized spacial score (nSPS) is 13.9. The molecule has 1 aromatic rings. The van der Waals surface area contributed by atoms with E-state index in [4.69, 9.17) is 4.74 Å². The SMILES string of the molecule is C[C@H](NS(=O)(=O)c1ccc(F)cc1)C(=O)O[C@@H](C)C(=O)NC(=O)NC(C)(C)C. The van der Waals surface area contributed by atoms with Gasteiger partial charge < -0.3 is 10.1 Å². The van der Waals surface area contributed by atoms with Crippen molar-refractivity contribution < 1.29 is 31.9 Å². The molecule has 0 aromatic heterocycles. The first-order chi connectivity index (χ1) is 12.7. The van der Waals surface area contributed by atoms with Crippen LogP contribution in [0.4, 0.5) is 9.18 Å². The molecule has 156 valence electrons. The van der Waals surface area contributed by atoms with Crippen molar-refractivity contribution in [1.82, 2.24) is 15.4 Å². The number of rotatable bonds is 6. The molecule has 0 aliphatic heterocycles. The van der Waals surface area contributed by atoms with Crippen LogP contribution in [0.15, 0.2) is 29.2 Å². The summed E-state index contributed by atoms with van der Waals surface area (Å²) in [6.07, 6.45) is -1.34. The van der Waals surface area contributed by atoms with E-state index in [1.165, 1.54) is 13.8 Å². The fourth-order valence-corrected chi connectivity index (χ4v) is 3.07. The number of urea groups is 1. The van der Waals surface area contributed by atoms with E-state index in [0.717, 1.165) is 24.3 Å². The smallest absolute Gasteiger partial charge is 0.324 e. The molecule has 11 heteroatoms. The van der Waals surface area contributed by atoms with Crippen LogP contribution in [0.5, 0.6) is 0 Å². The molecular weight excluding hydrogens is 393 g/mol. The first kappa shape index (κ1) is 23.5. The highest BCUT2D eigenvalue weighted by Crippen LogP contribution is 2.11. The zero-order valence-electron chi connectivity index (χ0n) is 16.2. The molecule has 3 N–H and O–H groups in total. The van der Waals surface area contributed by atoms with E-state index in [1.54, 1.807) is 20.8 Å². The van der Waals surface area contributed by atoms with Gasteiger partial charge in [0, 0.05) is 5.54 Å². The maximum Gasteiger partial charge on any atom is 0.324 e. The van der Waals surface area contributed by atoms with Crippen LogP contribution in [-0.4, -0.2) is 44.0 Å². The average Bonchev–Trinajstić information content (AvgIpc) is 2.52. The van der Waals surface area contributed by atoms with Gasteiger partial charge in [-0.1, -0.05) is 0 Å². The molecule has 0 saturated carbocycles. The predicted molar refractivity (Wildman–Crippen MR) is 98.2 cm³/mol. The van der Waals surface area contributed by atoms with Crippen LogP contribution in [0.2, 0.25) is 0 Å². The molecule has 0 saturated heterocycles. The van der Waals surface area contributed by atoms with Crippen molar-refractivity contribution in [2.75, 3.05) is 0 Å². The number of imide groups is 1. The topological polar surface area (TPSA) is 131 Å². The molecule has 0 radical (unpaired) electrons. The van der Waals surface area contributed by atoms with Gasteiger partial charge in [-0.15, -0.1) is 0 Å². The molecule has 1 aromatic carbocycles. The predicted octanol–water partition coefficient (Wildman–Crippen LogP) is 1.05. The quantitative estimate of drug-likeness (QED) is 0.593. The van der Waals surface area contributed by atoms with E-state index >= 15 is 0 Å². The maximum atomic E-state index is 12.9. The molecule has 0 unspecified atom stereocenters. The van der Waals surface area contributed by atoms with Gasteiger partial charge in [0.25, 0.3) is 5.91 Å². The third-order valence-electron chi connectivity index (χ3n) is 3.20. The van der Waals surface area contributed by atoms with E-state index in [9.17, 15) is 27.2 Å². The van der Waals surface area contributed by atoms with Crippen LogP contribution < -0.4 is 15.4 Å². The Morgan fingerprint density at radius 1 is 1.07 bits per heavy atom. The van der Waals surface area contributed by atoms with Gasteiger partial charge in [-0.2, -0.15) is 4.72 Å². The number of carbonyl (C=O) groups is 3. The second-order valence-corrected chi connectivity index (χ2v) is 8.78. The van der Waals surface area contributed by atoms with E-state index in [0.29, 0.717) is 0 Å². The Morgan fingerprint density at radius 3 is 2.11 bits per heavy atom. The lowest BCUT2D eigenvalue weighted by molar-refractivity contribution is -0.155. The van der Waals surface area contributed by atoms with Gasteiger partial charge >= 0.3 is 12.0 Å². The lowest BCUT2D eigenvalue weighted by Gasteiger charge is -2.21. The first-order valence-electron chi connectivity index (χ1n) is 8.32. The number of halogens is 1. The number of esters is 1. The maximum absolute atomic E-state index is 12.9. The van der Waals surface area contributed by atoms with Crippen LogP contribution in [0.3, 0.4) is 0 Å². The number of hydrogen-bond donors (Lipinski definition) is 3. The second kappa shape index (κ2) is 9.11. The highest BCUT2D eigenvalue weighted by atomic mass is 32.2. The first-order valence-corrected chi connectivity index (χ1v) is 9.81. The molecule has 0 spiro atoms. The monoisotopic (exact) mass is 417 g/mol. The van der Waals surface area contributed by atoms with E-state index in [1.807, 2.05) is 5.32 Å². The van der Waals surface area contributed by atoms with Crippen molar-refractivity contribution in [2.24, 2.45) is 0 Å². The van der Waals surface area contributed by atoms with Gasteiger partial charge in [-0.25, -0.2) is 17.6 Å². The Labute approximate surface area is 163 Å². The molecular formula is C17H24FN3O6S. The summed E-state index contributed by atoms with van der Waals surface area (Å²) in [4.78, 5) is 35.4. The molecule has 2 atom stereocenters. The summed E-state index contributed by atoms with van der Waals surface area (Å²) in [6, 6.07) is 1.93. The Hall–Kier alpha value is -2.53. The highest BCUT2D eigenvalue weighted by molar-refractivity contribution is 7.89. The van der Waals surface area contributed by atoms with Crippen molar-refractivity contribution in [2.45, 2.75) is 57.2 Å². The average molecular weight is 417 g/mol. The van der Waals surface area contributed by atoms with Gasteiger partial charge in [-0.05, 0) is 58.9 Å². The van der Waals surface area contributed by atoms with Crippen molar-refractivity contribution in [3.05, 3.63) is 30.1 Å². The third-order valence-corrected chi connectivity index (χ3v) is 4.75. The minimum Gasteiger partial charge on any atom is -0.451 e. The molecule has 9 nitrogen and oxygen atoms in total. The minimum absolute atomic E-state index is 0.238. The summed E-state index contributed by atoms with van der Waals surface area (Å²) in [6.45, 7) is 7.61. The number of hydrogen-bond acceptors (Lipinski definition) is 6. The fraction of sp³-hybridized carbons (Fsp3) is 0.471. The van der Waals surface area contributed by atoms with E-state index < -0.39 is 51.4 Å². The Bertz CT molecular complexity index is 833. The van der Waals surface area contributed by atoms with Gasteiger partial charge in [0.15, 0.2) is 6.10 Å². The van der Waals surface area contributed by atoms with E-state index in [-0.39, 0.29) is 4.90 Å². The van der Waals surface area contributed by atoms with Gasteiger partial charge in [0.05, 0.1) is 4.90 Å². The number of benzene rings is 1. The summed E-state index contributed by atoms with van der Waals surface area (Å²) >= 11 is 0. The number of ether oxygens (including phenoxy) is 1. The number of nitrogens with one attached hydrogen (secondary N) is 3. The van der Waals surface area contributed by atoms with Gasteiger partial charge in [0.1, 0.15) is 11.9 Å². The molecule has 0 aliphatic carbocycles. The van der Waals surface area contributed by atoms with Crippen molar-refractivity contribution >= 4 is 27.9 Å². The van der Waals surface area contributed by atoms with Crippen molar-refractivity contribution in [1.29, 1.82) is 0 Å². The lowest BCUT2D eigenvalue weighted by Crippen LogP contribution is -2.51. The van der Waals surface area contributed by atoms with Crippen LogP contribution in [0.25, 0.3) is 0 Å². The summed E-state index contributed by atoms with van der Waals surface area (Å²) in [5, 5.41) is 4.52. The summed E-state index contributed by atoms with van der Waals surface area (Å²) in [5.41, 5.74) is -0.572. The molecule has 0 heterocycles. The Morgan fingerprint density at radius 2 is 1.61 bits per heavy atom. The number of amides is 3. The summed E-state index contributed by atoms with van der Waals surface area (Å²) in [5.74, 6) is -2.50. The van der Waals surface area contributed by atoms with Crippen molar-refractivity contribution in [3.63, 3.8) is 0 Å². The summed E-state index contributed by atoms with van der Waals surface area (Å²) in [7, 11) is -4.10. The minimum atomic E-state index is -4.10. The Kier molecular flexibility index (Phi) is 7.65. The number of sulfonamides is 1. The van der Waals surface area contributed by atoms with Gasteiger partial charge in [-0.3, -0.25) is 14.9 Å². The fourth-order valence-electron chi connectivity index (χ4n) is 1.88. The lowest BCUT2D eigenvalue weighted by atomic mass is 10.1. The van der Waals surface area contributed by atoms with Gasteiger partial charge in [0.2, 0.25) is 10.0 Å². The number of carbonyl (C=O) groups excluding carboxylic acids is 3. The highest BCUT2D eigenvalue weighted by Gasteiger charge is 2.27. The summed E-state index contributed by atoms with van der Waals surface area (Å²) < 4.78 is 44.2. The van der Waals surface area contributed by atoms with Crippen molar-refractivity contribution in [3.8, 4) is 0 Å². The molecule has 28 heavy (non-hydrogen) atoms. The molecule has 3 amide bonds. The largest absolute Gasteiger partial charge is 0.451 e.